The van der Waals surface area contributed by atoms with Crippen molar-refractivity contribution in [1.82, 2.24) is 4.98 Å². The van der Waals surface area contributed by atoms with Crippen LogP contribution in [-0.2, 0) is 6.54 Å². The van der Waals surface area contributed by atoms with Gasteiger partial charge in [0.05, 0.1) is 10.5 Å². The normalized spacial score (nSPS) is 10.2. The summed E-state index contributed by atoms with van der Waals surface area (Å²) in [7, 11) is 0. The van der Waals surface area contributed by atoms with Gasteiger partial charge in [-0.15, -0.1) is 0 Å². The third-order valence-electron chi connectivity index (χ3n) is 1.91. The highest BCUT2D eigenvalue weighted by atomic mass is 19.3. The lowest BCUT2D eigenvalue weighted by atomic mass is 10.1. The maximum absolute atomic E-state index is 12.5. The maximum atomic E-state index is 12.5. The van der Waals surface area contributed by atoms with Crippen molar-refractivity contribution in [2.24, 2.45) is 5.73 Å². The van der Waals surface area contributed by atoms with Crippen LogP contribution in [0.15, 0.2) is 6.20 Å². The predicted octanol–water partition coefficient (Wildman–Crippen LogP) is 1.26. The highest BCUT2D eigenvalue weighted by Gasteiger charge is 2.28. The fraction of sp³-hybridized carbons (Fsp3) is 0.250. The van der Waals surface area contributed by atoms with E-state index < -0.39 is 29.1 Å². The monoisotopic (exact) mass is 228 g/mol. The third-order valence-corrected chi connectivity index (χ3v) is 1.91. The Bertz CT molecular complexity index is 470. The fourth-order valence-corrected chi connectivity index (χ4v) is 1.22. The Morgan fingerprint density at radius 1 is 1.69 bits per heavy atom. The number of alkyl halides is 2. The minimum atomic E-state index is -3.04. The average Bonchev–Trinajstić information content (AvgIpc) is 2.26. The largest absolute Gasteiger partial charge is 0.326 e. The molecule has 0 saturated carbocycles. The van der Waals surface area contributed by atoms with Crippen molar-refractivity contribution in [3.8, 4) is 6.07 Å². The van der Waals surface area contributed by atoms with Gasteiger partial charge in [-0.2, -0.15) is 5.26 Å². The van der Waals surface area contributed by atoms with Gasteiger partial charge in [0.1, 0.15) is 11.6 Å². The third kappa shape index (κ3) is 1.94. The lowest BCUT2D eigenvalue weighted by Crippen LogP contribution is -2.09. The SMILES string of the molecule is N#Cc1ncc(C(F)F)c([N+](=O)[O-])c1CN. The molecule has 0 unspecified atom stereocenters. The van der Waals surface area contributed by atoms with Crippen LogP contribution in [0.2, 0.25) is 0 Å². The summed E-state index contributed by atoms with van der Waals surface area (Å²) < 4.78 is 24.9. The molecule has 1 rings (SSSR count). The molecule has 0 saturated heterocycles. The molecule has 0 aromatic carbocycles. The molecule has 8 heteroatoms. The molecule has 0 bridgehead atoms. The number of rotatable bonds is 3. The van der Waals surface area contributed by atoms with Crippen LogP contribution in [0.1, 0.15) is 23.2 Å². The predicted molar refractivity (Wildman–Crippen MR) is 48.5 cm³/mol. The summed E-state index contributed by atoms with van der Waals surface area (Å²) in [6.45, 7) is -0.396. The molecule has 1 heterocycles. The molecular weight excluding hydrogens is 222 g/mol. The van der Waals surface area contributed by atoms with Gasteiger partial charge in [0.25, 0.3) is 12.1 Å². The number of hydrogen-bond donors (Lipinski definition) is 1. The van der Waals surface area contributed by atoms with Crippen LogP contribution in [0.25, 0.3) is 0 Å². The number of hydrogen-bond acceptors (Lipinski definition) is 5. The molecule has 0 fully saturated rings. The van der Waals surface area contributed by atoms with E-state index >= 15 is 0 Å². The molecule has 16 heavy (non-hydrogen) atoms. The summed E-state index contributed by atoms with van der Waals surface area (Å²) in [5, 5.41) is 19.3. The van der Waals surface area contributed by atoms with Crippen LogP contribution in [0.5, 0.6) is 0 Å². The minimum absolute atomic E-state index is 0.273. The van der Waals surface area contributed by atoms with Gasteiger partial charge in [0, 0.05) is 12.7 Å². The van der Waals surface area contributed by atoms with Gasteiger partial charge in [-0.3, -0.25) is 10.1 Å². The molecule has 0 aliphatic rings. The number of pyridine rings is 1. The van der Waals surface area contributed by atoms with E-state index in [0.29, 0.717) is 6.20 Å². The van der Waals surface area contributed by atoms with Gasteiger partial charge in [0.2, 0.25) is 0 Å². The second kappa shape index (κ2) is 4.59. The van der Waals surface area contributed by atoms with E-state index in [1.807, 2.05) is 0 Å². The van der Waals surface area contributed by atoms with Crippen LogP contribution >= 0.6 is 0 Å². The van der Waals surface area contributed by atoms with Crippen molar-refractivity contribution in [3.05, 3.63) is 33.1 Å². The van der Waals surface area contributed by atoms with Gasteiger partial charge >= 0.3 is 0 Å². The van der Waals surface area contributed by atoms with Crippen LogP contribution in [0, 0.1) is 21.4 Å². The smallest absolute Gasteiger partial charge is 0.287 e. The first-order valence-corrected chi connectivity index (χ1v) is 4.07. The fourth-order valence-electron chi connectivity index (χ4n) is 1.22. The molecule has 84 valence electrons. The van der Waals surface area contributed by atoms with Crippen molar-refractivity contribution in [3.63, 3.8) is 0 Å². The van der Waals surface area contributed by atoms with E-state index in [0.717, 1.165) is 0 Å². The second-order valence-corrected chi connectivity index (χ2v) is 2.76. The Hall–Kier alpha value is -2.14. The van der Waals surface area contributed by atoms with Crippen molar-refractivity contribution in [2.75, 3.05) is 0 Å². The molecular formula is C8H6F2N4O2. The number of nitrogens with zero attached hydrogens (tertiary/aromatic N) is 3. The zero-order valence-corrected chi connectivity index (χ0v) is 7.85. The molecule has 0 atom stereocenters. The van der Waals surface area contributed by atoms with Crippen molar-refractivity contribution in [1.29, 1.82) is 5.26 Å². The molecule has 0 aliphatic carbocycles. The molecule has 0 amide bonds. The van der Waals surface area contributed by atoms with Crippen LogP contribution in [0.3, 0.4) is 0 Å². The standard InChI is InChI=1S/C8H6F2N4O2/c9-8(10)5-3-13-6(2-12)4(1-11)7(5)14(15)16/h3,8H,1,11H2. The van der Waals surface area contributed by atoms with Gasteiger partial charge in [-0.1, -0.05) is 0 Å². The molecule has 2 N–H and O–H groups in total. The zero-order chi connectivity index (χ0) is 12.3. The molecule has 1 aromatic rings. The van der Waals surface area contributed by atoms with E-state index in [-0.39, 0.29) is 11.3 Å². The summed E-state index contributed by atoms with van der Waals surface area (Å²) >= 11 is 0. The summed E-state index contributed by atoms with van der Waals surface area (Å²) in [5.41, 5.74) is 2.95. The number of nitrogens with two attached hydrogens (primary N) is 1. The van der Waals surface area contributed by atoms with Gasteiger partial charge in [-0.25, -0.2) is 13.8 Å². The van der Waals surface area contributed by atoms with Crippen LogP contribution < -0.4 is 5.73 Å². The number of aromatic nitrogens is 1. The summed E-state index contributed by atoms with van der Waals surface area (Å²) in [5.74, 6) is 0. The van der Waals surface area contributed by atoms with E-state index in [9.17, 15) is 18.9 Å². The second-order valence-electron chi connectivity index (χ2n) is 2.76. The summed E-state index contributed by atoms with van der Waals surface area (Å²) in [6, 6.07) is 1.57. The minimum Gasteiger partial charge on any atom is -0.326 e. The Morgan fingerprint density at radius 2 is 2.31 bits per heavy atom. The quantitative estimate of drug-likeness (QED) is 0.619. The van der Waals surface area contributed by atoms with Crippen molar-refractivity contribution >= 4 is 5.69 Å². The Labute approximate surface area is 88.5 Å². The first-order chi connectivity index (χ1) is 7.52. The highest BCUT2D eigenvalue weighted by Crippen LogP contribution is 2.32. The van der Waals surface area contributed by atoms with Gasteiger partial charge in [0.15, 0.2) is 5.69 Å². The first kappa shape index (κ1) is 11.9. The first-order valence-electron chi connectivity index (χ1n) is 4.07. The van der Waals surface area contributed by atoms with E-state index in [1.54, 1.807) is 6.07 Å². The van der Waals surface area contributed by atoms with Gasteiger partial charge in [-0.05, 0) is 0 Å². The van der Waals surface area contributed by atoms with E-state index in [1.165, 1.54) is 0 Å². The lowest BCUT2D eigenvalue weighted by Gasteiger charge is -2.06. The average molecular weight is 228 g/mol. The zero-order valence-electron chi connectivity index (χ0n) is 7.85. The Kier molecular flexibility index (Phi) is 3.42. The summed E-state index contributed by atoms with van der Waals surface area (Å²) in [4.78, 5) is 13.1. The molecule has 6 nitrogen and oxygen atoms in total. The summed E-state index contributed by atoms with van der Waals surface area (Å²) in [6.07, 6.45) is -2.41. The molecule has 1 aromatic heterocycles. The van der Waals surface area contributed by atoms with Crippen molar-refractivity contribution in [2.45, 2.75) is 13.0 Å². The van der Waals surface area contributed by atoms with Gasteiger partial charge < -0.3 is 5.73 Å². The molecule has 0 radical (unpaired) electrons. The van der Waals surface area contributed by atoms with Crippen LogP contribution in [0.4, 0.5) is 14.5 Å². The molecule has 0 spiro atoms. The highest BCUT2D eigenvalue weighted by molar-refractivity contribution is 5.52. The Balaban J connectivity index is 3.58. The topological polar surface area (TPSA) is 106 Å². The van der Waals surface area contributed by atoms with Crippen molar-refractivity contribution < 1.29 is 13.7 Å². The van der Waals surface area contributed by atoms with E-state index in [2.05, 4.69) is 4.98 Å². The Morgan fingerprint density at radius 3 is 2.69 bits per heavy atom. The number of halogens is 2. The van der Waals surface area contributed by atoms with Crippen LogP contribution in [-0.4, -0.2) is 9.91 Å². The number of nitro groups is 1. The maximum Gasteiger partial charge on any atom is 0.287 e. The molecule has 0 aliphatic heterocycles. The lowest BCUT2D eigenvalue weighted by molar-refractivity contribution is -0.387. The van der Waals surface area contributed by atoms with E-state index in [4.69, 9.17) is 11.0 Å². The number of nitriles is 1.